The molecule has 2 aromatic carbocycles. The number of carbonyl (C=O) groups excluding carboxylic acids is 13. The van der Waals surface area contributed by atoms with Gasteiger partial charge in [-0.05, 0) is 183 Å². The minimum atomic E-state index is -5.08. The predicted molar refractivity (Wildman–Crippen MR) is 438 cm³/mol. The van der Waals surface area contributed by atoms with Crippen LogP contribution in [0.3, 0.4) is 0 Å². The van der Waals surface area contributed by atoms with Crippen LogP contribution >= 0.6 is 0 Å². The van der Waals surface area contributed by atoms with Crippen LogP contribution in [0.25, 0.3) is 0 Å². The first-order valence-electron chi connectivity index (χ1n) is 43.4. The Kier molecular flexibility index (Phi) is 29.0. The zero-order chi connectivity index (χ0) is 92.4. The number of carboxylic acids is 2. The number of hydrogen-bond acceptors (Lipinski definition) is 22. The minimum absolute atomic E-state index is 0.00315. The van der Waals surface area contributed by atoms with Crippen molar-refractivity contribution in [2.45, 2.75) is 249 Å². The summed E-state index contributed by atoms with van der Waals surface area (Å²) < 4.78 is 77.1. The summed E-state index contributed by atoms with van der Waals surface area (Å²) in [4.78, 5) is 185. The second-order valence-electron chi connectivity index (χ2n) is 36.3. The van der Waals surface area contributed by atoms with Gasteiger partial charge in [0.15, 0.2) is 47.3 Å². The van der Waals surface area contributed by atoms with Gasteiger partial charge in [0.05, 0.1) is 34.5 Å². The molecule has 36 heteroatoms. The smallest absolute Gasteiger partial charge is 0.483 e. The van der Waals surface area contributed by atoms with E-state index in [9.17, 15) is 106 Å². The number of amides is 11. The number of ether oxygens (including phenoxy) is 2. The molecule has 14 rings (SSSR count). The van der Waals surface area contributed by atoms with E-state index in [1.165, 1.54) is 54.6 Å². The average molecular weight is 1770 g/mol. The summed E-state index contributed by atoms with van der Waals surface area (Å²) in [6.07, 6.45) is 14.9. The molecule has 0 aromatic heterocycles. The molecule has 12 aliphatic rings. The number of nitrogens with one attached hydrogen (secondary N) is 5. The molecule has 4 heterocycles. The highest BCUT2D eigenvalue weighted by atomic mass is 19.4. The van der Waals surface area contributed by atoms with Crippen molar-refractivity contribution >= 4 is 88.5 Å². The van der Waals surface area contributed by atoms with Crippen LogP contribution in [0.2, 0.25) is 0 Å². The molecule has 18 atom stereocenters. The molecule has 686 valence electrons. The maximum absolute atomic E-state index is 17.4. The highest BCUT2D eigenvalue weighted by molar-refractivity contribution is 6.25. The fraction of sp³-hybridized carbons (Fsp3) is 0.611. The van der Waals surface area contributed by atoms with Crippen molar-refractivity contribution in [1.29, 1.82) is 0 Å². The Balaban J connectivity index is 0.000000193. The first kappa shape index (κ1) is 96.3. The number of benzene rings is 2. The van der Waals surface area contributed by atoms with Gasteiger partial charge in [-0.1, -0.05) is 114 Å². The summed E-state index contributed by atoms with van der Waals surface area (Å²) in [7, 11) is 0. The van der Waals surface area contributed by atoms with Gasteiger partial charge >= 0.3 is 18.1 Å². The lowest BCUT2D eigenvalue weighted by Crippen LogP contribution is -2.70. The lowest BCUT2D eigenvalue weighted by molar-refractivity contribution is -0.225. The van der Waals surface area contributed by atoms with Crippen molar-refractivity contribution in [3.8, 4) is 11.5 Å². The monoisotopic (exact) mass is 1770 g/mol. The molecule has 4 aliphatic heterocycles. The van der Waals surface area contributed by atoms with Crippen molar-refractivity contribution < 1.29 is 134 Å². The molecule has 126 heavy (non-hydrogen) atoms. The average Bonchev–Trinajstić information content (AvgIpc) is 1.44. The van der Waals surface area contributed by atoms with Gasteiger partial charge in [0.25, 0.3) is 41.4 Å². The predicted octanol–water partition coefficient (Wildman–Crippen LogP) is 7.32. The largest absolute Gasteiger partial charge is 0.490 e. The highest BCUT2D eigenvalue weighted by Gasteiger charge is 2.78. The Hall–Kier alpha value is -10.3. The van der Waals surface area contributed by atoms with Gasteiger partial charge in [-0.2, -0.15) is 13.2 Å². The summed E-state index contributed by atoms with van der Waals surface area (Å²) in [5.74, 6) is -13.3. The normalized spacial score (nSPS) is 33.1. The van der Waals surface area contributed by atoms with Gasteiger partial charge in [-0.15, -0.1) is 0 Å². The van der Waals surface area contributed by atoms with E-state index in [4.69, 9.17) is 25.1 Å². The first-order chi connectivity index (χ1) is 59.3. The number of carbonyl (C=O) groups is 15. The number of aliphatic hydroxyl groups excluding tert-OH is 2. The van der Waals surface area contributed by atoms with E-state index < -0.39 is 169 Å². The number of imide groups is 4. The fourth-order valence-electron chi connectivity index (χ4n) is 22.4. The third-order valence-corrected chi connectivity index (χ3v) is 29.1. The molecule has 2 saturated heterocycles. The summed E-state index contributed by atoms with van der Waals surface area (Å²) in [6, 6.07) is 6.82. The molecule has 31 nitrogen and oxygen atoms in total. The van der Waals surface area contributed by atoms with Gasteiger partial charge in [-0.3, -0.25) is 82.8 Å². The molecule has 11 amide bonds. The second kappa shape index (κ2) is 37.9. The number of nitrogens with two attached hydrogens (primary N) is 1. The van der Waals surface area contributed by atoms with Crippen LogP contribution in [0, 0.1) is 57.2 Å². The third kappa shape index (κ3) is 17.6. The number of nitrogens with zero attached hydrogens (tertiary/aromatic N) is 2. The number of unbranched alkanes of at least 4 members (excludes halogenated alkanes) is 10. The molecular weight excluding hydrogens is 1660 g/mol. The number of allylic oxidation sites excluding steroid dienone is 8. The Morgan fingerprint density at radius 3 is 1.25 bits per heavy atom. The number of ketones is 2. The Labute approximate surface area is 724 Å². The Morgan fingerprint density at radius 1 is 0.516 bits per heavy atom. The van der Waals surface area contributed by atoms with Gasteiger partial charge in [0, 0.05) is 66.0 Å². The molecule has 2 unspecified atom stereocenters. The van der Waals surface area contributed by atoms with Crippen LogP contribution < -0.4 is 41.8 Å². The zero-order valence-electron chi connectivity index (χ0n) is 71.4. The number of halogens is 5. The second-order valence-corrected chi connectivity index (χ2v) is 36.3. The number of aliphatic carboxylic acids is 2. The molecule has 8 fully saturated rings. The summed E-state index contributed by atoms with van der Waals surface area (Å²) in [6.45, 7) is 11.9. The molecule has 0 radical (unpaired) electrons. The maximum atomic E-state index is 17.4. The molecule has 0 spiro atoms. The van der Waals surface area contributed by atoms with E-state index in [0.29, 0.717) is 75.7 Å². The lowest BCUT2D eigenvalue weighted by Gasteiger charge is -2.62. The standard InChI is InChI=1S/C44H55FN4O10.C23H30N4O6.C21H27FO5.C2HF3O2/c1-25-21-30-29-14-13-26-22-27(50)17-18-41(26,2)43(29,45)33(51)23-42(30,3)44(25,58)40(57)47-20-9-7-5-4-6-8-19-46-35(53)24-59-32-12-10-11-28-36(32)39(56)49(38(28)55)31-15-16-34(52)48-37(31)54;24-12-5-3-1-2-4-6-13-25-19(29)14-33-17-9-7-8-15-20(17)23(32)27(22(15)31)16-10-11-18(28)26-21(16)30;1-11-8-15-14-5-4-12-9-13(23)6-7-18(12,2)20(14,22)16(24)10-19(15,3)21(11,27)17(25)26;3-2(4,5)1(6)7/h10-12,17-18,22,25,29-31,33,51,58H,4-9,13-16,19-21,23-24H2,1-3H3,(H,46,53)(H,47,57)(H,48,52,54);7-9,16H,1-6,10-14,24H2,(H,25,29)(H,26,28,30);6-7,9,11,14-16,24,27H,4-5,8,10H2,1-3H3,(H,25,26);(H,6,7)/t25-,29+,30+,31?,33+,41+,42+,43+,44+;;11-,14+,15+,16+,18+,19+,20+,21+;/m1.1./s1. The topological polar surface area (TPSA) is 489 Å². The van der Waals surface area contributed by atoms with Crippen LogP contribution in [0.1, 0.15) is 237 Å². The molecule has 2 aromatic rings. The number of aliphatic hydroxyl groups is 4. The number of hydrogen-bond donors (Lipinski definition) is 12. The first-order valence-corrected chi connectivity index (χ1v) is 43.4. The van der Waals surface area contributed by atoms with E-state index in [1.54, 1.807) is 45.9 Å². The van der Waals surface area contributed by atoms with E-state index in [1.807, 2.05) is 13.8 Å². The van der Waals surface area contributed by atoms with Crippen molar-refractivity contribution in [2.24, 2.45) is 62.9 Å². The van der Waals surface area contributed by atoms with Crippen molar-refractivity contribution in [2.75, 3.05) is 39.4 Å². The minimum Gasteiger partial charge on any atom is -0.483 e. The SMILES string of the molecule is C[C@@H]1C[C@H]2[C@@H]3CCC4=CC(=O)C=C[C@]4(C)[C@@]3(F)[C@@H](O)C[C@]2(C)[C@@]1(O)C(=O)NCCCCCCCCNC(=O)COc1cccc2c1C(=O)N(C1CCC(=O)NC1=O)C2=O.C[C@@H]1C[C@H]2[C@@H]3CCC4=CC(=O)C=C[C@]4(C)[C@@]3(F)[C@@H](O)C[C@]2(C)[C@@]1(O)C(=O)O.NCCCCCCCCNC(=O)COc1cccc2c1C(=O)N(C1CCC(=O)NC1=O)C2=O.O=C(O)C(F)(F)F. The molecule has 13 N–H and O–H groups in total. The van der Waals surface area contributed by atoms with E-state index in [2.05, 4.69) is 26.6 Å². The van der Waals surface area contributed by atoms with Crippen LogP contribution in [-0.4, -0.2) is 221 Å². The van der Waals surface area contributed by atoms with Crippen LogP contribution in [-0.2, 0) is 52.7 Å². The van der Waals surface area contributed by atoms with E-state index >= 15 is 8.78 Å². The number of carboxylic acid groups (broad SMARTS) is 2. The van der Waals surface area contributed by atoms with Gasteiger partial charge in [0.1, 0.15) is 23.6 Å². The van der Waals surface area contributed by atoms with Gasteiger partial charge < -0.3 is 61.8 Å². The molecular formula is C90H113F5N8O23. The van der Waals surface area contributed by atoms with Gasteiger partial charge in [0.2, 0.25) is 23.6 Å². The zero-order valence-corrected chi connectivity index (χ0v) is 71.4. The fourth-order valence-corrected chi connectivity index (χ4v) is 22.4. The number of rotatable bonds is 27. The quantitative estimate of drug-likeness (QED) is 0.0237. The third-order valence-electron chi connectivity index (χ3n) is 29.1. The Bertz CT molecular complexity index is 4820. The van der Waals surface area contributed by atoms with Crippen molar-refractivity contribution in [3.63, 3.8) is 0 Å². The highest BCUT2D eigenvalue weighted by Crippen LogP contribution is 2.73. The summed E-state index contributed by atoms with van der Waals surface area (Å²) in [5.41, 5.74) is -5.15. The number of fused-ring (bicyclic) bond motifs is 12. The van der Waals surface area contributed by atoms with Gasteiger partial charge in [-0.25, -0.2) is 18.4 Å². The Morgan fingerprint density at radius 2 is 0.881 bits per heavy atom. The molecule has 0 bridgehead atoms. The number of piperidine rings is 2. The molecule has 8 aliphatic carbocycles. The van der Waals surface area contributed by atoms with Crippen molar-refractivity contribution in [3.05, 3.63) is 106 Å². The molecule has 6 saturated carbocycles. The summed E-state index contributed by atoms with van der Waals surface area (Å²) in [5, 5.41) is 75.6. The van der Waals surface area contributed by atoms with E-state index in [0.717, 1.165) is 87.0 Å². The summed E-state index contributed by atoms with van der Waals surface area (Å²) >= 11 is 0. The van der Waals surface area contributed by atoms with Crippen molar-refractivity contribution in [1.82, 2.24) is 36.4 Å². The van der Waals surface area contributed by atoms with Crippen LogP contribution in [0.5, 0.6) is 11.5 Å². The lowest BCUT2D eigenvalue weighted by atomic mass is 9.44. The maximum Gasteiger partial charge on any atom is 0.490 e. The van der Waals surface area contributed by atoms with E-state index in [-0.39, 0.29) is 115 Å². The number of alkyl halides is 5. The van der Waals surface area contributed by atoms with Crippen LogP contribution in [0.15, 0.2) is 84.0 Å². The van der Waals surface area contributed by atoms with Crippen LogP contribution in [0.4, 0.5) is 22.0 Å².